The standard InChI is InChI=1S/C23H30N2O3S/c1-5-17(4)24-22(26)23(14-15-23)19-8-10-20(11-9-19)25-29(27,28)21-12-6-18(7-13-21)16(2)3/h6-13,16-17,25H,5,14-15H2,1-4H3,(H,24,26)/t17-/m0/s1. The van der Waals surface area contributed by atoms with Crippen molar-refractivity contribution in [1.82, 2.24) is 5.32 Å². The largest absolute Gasteiger partial charge is 0.353 e. The fourth-order valence-electron chi connectivity index (χ4n) is 3.34. The molecule has 1 amide bonds. The molecule has 156 valence electrons. The Morgan fingerprint density at radius 2 is 1.59 bits per heavy atom. The quantitative estimate of drug-likeness (QED) is 0.665. The van der Waals surface area contributed by atoms with Gasteiger partial charge in [0.2, 0.25) is 5.91 Å². The third-order valence-electron chi connectivity index (χ3n) is 5.72. The zero-order valence-corrected chi connectivity index (χ0v) is 18.3. The monoisotopic (exact) mass is 414 g/mol. The fourth-order valence-corrected chi connectivity index (χ4v) is 4.40. The van der Waals surface area contributed by atoms with Crippen LogP contribution in [0, 0.1) is 0 Å². The molecule has 0 bridgehead atoms. The van der Waals surface area contributed by atoms with Crippen molar-refractivity contribution in [3.8, 4) is 0 Å². The lowest BCUT2D eigenvalue weighted by molar-refractivity contribution is -0.124. The van der Waals surface area contributed by atoms with Crippen molar-refractivity contribution in [2.24, 2.45) is 0 Å². The first-order valence-corrected chi connectivity index (χ1v) is 11.7. The molecule has 2 N–H and O–H groups in total. The molecule has 0 aromatic heterocycles. The number of anilines is 1. The van der Waals surface area contributed by atoms with Gasteiger partial charge in [0.05, 0.1) is 10.3 Å². The highest BCUT2D eigenvalue weighted by Gasteiger charge is 2.51. The zero-order valence-electron chi connectivity index (χ0n) is 17.5. The molecular formula is C23H30N2O3S. The van der Waals surface area contributed by atoms with E-state index in [0.29, 0.717) is 11.6 Å². The second kappa shape index (κ2) is 8.19. The molecular weight excluding hydrogens is 384 g/mol. The summed E-state index contributed by atoms with van der Waals surface area (Å²) in [4.78, 5) is 12.9. The Morgan fingerprint density at radius 1 is 1.00 bits per heavy atom. The fraction of sp³-hybridized carbons (Fsp3) is 0.435. The molecule has 1 fully saturated rings. The van der Waals surface area contributed by atoms with E-state index in [4.69, 9.17) is 0 Å². The van der Waals surface area contributed by atoms with Crippen LogP contribution in [0.25, 0.3) is 0 Å². The maximum absolute atomic E-state index is 12.7. The van der Waals surface area contributed by atoms with Crippen molar-refractivity contribution in [1.29, 1.82) is 0 Å². The highest BCUT2D eigenvalue weighted by molar-refractivity contribution is 7.92. The first kappa shape index (κ1) is 21.4. The lowest BCUT2D eigenvalue weighted by Gasteiger charge is -2.19. The van der Waals surface area contributed by atoms with Gasteiger partial charge in [0.25, 0.3) is 10.0 Å². The van der Waals surface area contributed by atoms with Gasteiger partial charge in [-0.05, 0) is 67.5 Å². The van der Waals surface area contributed by atoms with Crippen molar-refractivity contribution >= 4 is 21.6 Å². The van der Waals surface area contributed by atoms with Crippen LogP contribution in [0.1, 0.15) is 64.0 Å². The molecule has 6 heteroatoms. The van der Waals surface area contributed by atoms with Crippen LogP contribution in [0.5, 0.6) is 0 Å². The van der Waals surface area contributed by atoms with Crippen molar-refractivity contribution < 1.29 is 13.2 Å². The summed E-state index contributed by atoms with van der Waals surface area (Å²) in [6.45, 7) is 8.18. The van der Waals surface area contributed by atoms with Crippen LogP contribution in [0.2, 0.25) is 0 Å². The molecule has 1 aliphatic rings. The molecule has 0 spiro atoms. The second-order valence-corrected chi connectivity index (χ2v) is 9.95. The van der Waals surface area contributed by atoms with E-state index in [0.717, 1.165) is 30.4 Å². The molecule has 0 saturated heterocycles. The van der Waals surface area contributed by atoms with Gasteiger partial charge in [-0.2, -0.15) is 0 Å². The number of amides is 1. The molecule has 1 atom stereocenters. The Bertz CT molecular complexity index is 960. The Labute approximate surface area is 174 Å². The zero-order chi connectivity index (χ0) is 21.2. The molecule has 0 aliphatic heterocycles. The Morgan fingerprint density at radius 3 is 2.07 bits per heavy atom. The second-order valence-electron chi connectivity index (χ2n) is 8.27. The smallest absolute Gasteiger partial charge is 0.261 e. The summed E-state index contributed by atoms with van der Waals surface area (Å²) in [5.74, 6) is 0.407. The Balaban J connectivity index is 1.73. The van der Waals surface area contributed by atoms with Gasteiger partial charge in [0.15, 0.2) is 0 Å². The van der Waals surface area contributed by atoms with Gasteiger partial charge in [-0.15, -0.1) is 0 Å². The number of carbonyl (C=O) groups is 1. The molecule has 0 heterocycles. The predicted molar refractivity (Wildman–Crippen MR) is 117 cm³/mol. The Hall–Kier alpha value is -2.34. The van der Waals surface area contributed by atoms with Crippen LogP contribution in [-0.4, -0.2) is 20.4 Å². The maximum atomic E-state index is 12.7. The summed E-state index contributed by atoms with van der Waals surface area (Å²) in [5.41, 5.74) is 2.05. The number of carbonyl (C=O) groups excluding carboxylic acids is 1. The van der Waals surface area contributed by atoms with Crippen LogP contribution in [0.15, 0.2) is 53.4 Å². The predicted octanol–water partition coefficient (Wildman–Crippen LogP) is 4.56. The normalized spacial score (nSPS) is 16.3. The molecule has 0 unspecified atom stereocenters. The van der Waals surface area contributed by atoms with E-state index >= 15 is 0 Å². The van der Waals surface area contributed by atoms with Crippen LogP contribution < -0.4 is 10.0 Å². The minimum atomic E-state index is -3.65. The van der Waals surface area contributed by atoms with E-state index in [1.54, 1.807) is 24.3 Å². The first-order valence-electron chi connectivity index (χ1n) is 10.2. The number of rotatable bonds is 8. The molecule has 29 heavy (non-hydrogen) atoms. The summed E-state index contributed by atoms with van der Waals surface area (Å²) < 4.78 is 28.0. The summed E-state index contributed by atoms with van der Waals surface area (Å²) in [6.07, 6.45) is 2.53. The van der Waals surface area contributed by atoms with E-state index in [-0.39, 0.29) is 16.8 Å². The van der Waals surface area contributed by atoms with Crippen molar-refractivity contribution in [2.75, 3.05) is 4.72 Å². The van der Waals surface area contributed by atoms with E-state index in [2.05, 4.69) is 23.9 Å². The van der Waals surface area contributed by atoms with E-state index < -0.39 is 15.4 Å². The number of sulfonamides is 1. The van der Waals surface area contributed by atoms with Gasteiger partial charge in [0.1, 0.15) is 0 Å². The van der Waals surface area contributed by atoms with E-state index in [1.165, 1.54) is 0 Å². The van der Waals surface area contributed by atoms with Crippen molar-refractivity contribution in [3.63, 3.8) is 0 Å². The van der Waals surface area contributed by atoms with Crippen LogP contribution in [0.4, 0.5) is 5.69 Å². The van der Waals surface area contributed by atoms with Gasteiger partial charge < -0.3 is 5.32 Å². The first-order chi connectivity index (χ1) is 13.7. The SMILES string of the molecule is CC[C@H](C)NC(=O)C1(c2ccc(NS(=O)(=O)c3ccc(C(C)C)cc3)cc2)CC1. The molecule has 5 nitrogen and oxygen atoms in total. The number of hydrogen-bond donors (Lipinski definition) is 2. The molecule has 1 aliphatic carbocycles. The third-order valence-corrected chi connectivity index (χ3v) is 7.12. The summed E-state index contributed by atoms with van der Waals surface area (Å²) in [5, 5.41) is 3.07. The molecule has 2 aromatic rings. The average Bonchev–Trinajstić information content (AvgIpc) is 3.50. The highest BCUT2D eigenvalue weighted by Crippen LogP contribution is 2.48. The lowest BCUT2D eigenvalue weighted by Crippen LogP contribution is -2.39. The van der Waals surface area contributed by atoms with Gasteiger partial charge >= 0.3 is 0 Å². The summed E-state index contributed by atoms with van der Waals surface area (Å²) in [6, 6.07) is 14.2. The molecule has 2 aromatic carbocycles. The maximum Gasteiger partial charge on any atom is 0.261 e. The topological polar surface area (TPSA) is 75.3 Å². The number of benzene rings is 2. The summed E-state index contributed by atoms with van der Waals surface area (Å²) in [7, 11) is -3.65. The average molecular weight is 415 g/mol. The van der Waals surface area contributed by atoms with Gasteiger partial charge in [-0.25, -0.2) is 8.42 Å². The highest BCUT2D eigenvalue weighted by atomic mass is 32.2. The number of nitrogens with one attached hydrogen (secondary N) is 2. The van der Waals surface area contributed by atoms with Crippen LogP contribution >= 0.6 is 0 Å². The molecule has 1 saturated carbocycles. The van der Waals surface area contributed by atoms with Crippen molar-refractivity contribution in [2.45, 2.75) is 69.2 Å². The van der Waals surface area contributed by atoms with Gasteiger partial charge in [-0.1, -0.05) is 45.0 Å². The third kappa shape index (κ3) is 4.64. The minimum Gasteiger partial charge on any atom is -0.353 e. The summed E-state index contributed by atoms with van der Waals surface area (Å²) >= 11 is 0. The molecule has 0 radical (unpaired) electrons. The van der Waals surface area contributed by atoms with Gasteiger partial charge in [-0.3, -0.25) is 9.52 Å². The minimum absolute atomic E-state index is 0.0606. The lowest BCUT2D eigenvalue weighted by atomic mass is 9.94. The number of hydrogen-bond acceptors (Lipinski definition) is 3. The Kier molecular flexibility index (Phi) is 6.03. The van der Waals surface area contributed by atoms with Gasteiger partial charge in [0, 0.05) is 11.7 Å². The van der Waals surface area contributed by atoms with Crippen LogP contribution in [0.3, 0.4) is 0 Å². The molecule has 3 rings (SSSR count). The van der Waals surface area contributed by atoms with E-state index in [9.17, 15) is 13.2 Å². The van der Waals surface area contributed by atoms with Crippen molar-refractivity contribution in [3.05, 3.63) is 59.7 Å². The van der Waals surface area contributed by atoms with Crippen LogP contribution in [-0.2, 0) is 20.2 Å². The van der Waals surface area contributed by atoms with E-state index in [1.807, 2.05) is 38.1 Å².